The van der Waals surface area contributed by atoms with Crippen LogP contribution in [-0.4, -0.2) is 24.4 Å². The number of hydrogen-bond donors (Lipinski definition) is 2. The van der Waals surface area contributed by atoms with Crippen LogP contribution in [0.2, 0.25) is 0 Å². The molecule has 1 rings (SSSR count). The van der Waals surface area contributed by atoms with Gasteiger partial charge in [-0.25, -0.2) is 0 Å². The summed E-state index contributed by atoms with van der Waals surface area (Å²) in [7, 11) is 0. The molecule has 0 saturated carbocycles. The predicted molar refractivity (Wildman–Crippen MR) is 50.3 cm³/mol. The molecule has 0 fully saturated rings. The zero-order valence-corrected chi connectivity index (χ0v) is 7.96. The average molecular weight is 219 g/mol. The maximum absolute atomic E-state index is 11.8. The van der Waals surface area contributed by atoms with E-state index < -0.39 is 18.8 Å². The van der Waals surface area contributed by atoms with Crippen LogP contribution in [0.1, 0.15) is 11.7 Å². The molecule has 0 aromatic heterocycles. The molecule has 5 heteroatoms. The van der Waals surface area contributed by atoms with Gasteiger partial charge in [0, 0.05) is 6.54 Å². The Balaban J connectivity index is 2.34. The molecule has 0 spiro atoms. The van der Waals surface area contributed by atoms with Gasteiger partial charge in [0.15, 0.2) is 0 Å². The number of halogens is 3. The summed E-state index contributed by atoms with van der Waals surface area (Å²) in [6, 6.07) is 8.56. The summed E-state index contributed by atoms with van der Waals surface area (Å²) >= 11 is 0. The second kappa shape index (κ2) is 5.14. The van der Waals surface area contributed by atoms with E-state index in [9.17, 15) is 18.3 Å². The molecule has 0 radical (unpaired) electrons. The Kier molecular flexibility index (Phi) is 4.11. The normalized spacial score (nSPS) is 13.9. The third-order valence-corrected chi connectivity index (χ3v) is 1.85. The maximum Gasteiger partial charge on any atom is 0.401 e. The van der Waals surface area contributed by atoms with Crippen molar-refractivity contribution in [2.75, 3.05) is 13.1 Å². The number of aliphatic hydroxyl groups excluding tert-OH is 1. The van der Waals surface area contributed by atoms with Crippen LogP contribution in [0.5, 0.6) is 0 Å². The maximum atomic E-state index is 11.8. The number of alkyl halides is 3. The van der Waals surface area contributed by atoms with Gasteiger partial charge in [0.05, 0.1) is 12.6 Å². The van der Waals surface area contributed by atoms with Gasteiger partial charge in [0.1, 0.15) is 0 Å². The molecule has 0 aliphatic heterocycles. The standard InChI is InChI=1S/C10H12F3NO/c11-10(12,13)7-14-6-9(15)8-4-2-1-3-5-8/h1-5,9,14-15H,6-7H2/t9-/m1/s1. The minimum atomic E-state index is -4.24. The van der Waals surface area contributed by atoms with Crippen molar-refractivity contribution < 1.29 is 18.3 Å². The van der Waals surface area contributed by atoms with Gasteiger partial charge < -0.3 is 10.4 Å². The Bertz CT molecular complexity index is 286. The highest BCUT2D eigenvalue weighted by Crippen LogP contribution is 2.14. The van der Waals surface area contributed by atoms with Crippen molar-refractivity contribution in [3.05, 3.63) is 35.9 Å². The SMILES string of the molecule is O[C@H](CNCC(F)(F)F)c1ccccc1. The molecule has 0 amide bonds. The monoisotopic (exact) mass is 219 g/mol. The van der Waals surface area contributed by atoms with E-state index in [4.69, 9.17) is 0 Å². The molecule has 0 aliphatic rings. The molecule has 2 N–H and O–H groups in total. The van der Waals surface area contributed by atoms with Crippen LogP contribution in [0.4, 0.5) is 13.2 Å². The van der Waals surface area contributed by atoms with Crippen molar-refractivity contribution in [3.8, 4) is 0 Å². The summed E-state index contributed by atoms with van der Waals surface area (Å²) in [6.45, 7) is -1.19. The number of nitrogens with one attached hydrogen (secondary N) is 1. The van der Waals surface area contributed by atoms with Crippen molar-refractivity contribution in [3.63, 3.8) is 0 Å². The van der Waals surface area contributed by atoms with Crippen molar-refractivity contribution in [2.45, 2.75) is 12.3 Å². The fourth-order valence-corrected chi connectivity index (χ4v) is 1.14. The van der Waals surface area contributed by atoms with Crippen molar-refractivity contribution in [1.29, 1.82) is 0 Å². The minimum absolute atomic E-state index is 0.108. The summed E-state index contributed by atoms with van der Waals surface area (Å²) in [4.78, 5) is 0. The Hall–Kier alpha value is -1.07. The van der Waals surface area contributed by atoms with Gasteiger partial charge in [0.2, 0.25) is 0 Å². The van der Waals surface area contributed by atoms with E-state index in [2.05, 4.69) is 5.32 Å². The highest BCUT2D eigenvalue weighted by atomic mass is 19.4. The van der Waals surface area contributed by atoms with Crippen molar-refractivity contribution >= 4 is 0 Å². The molecule has 1 atom stereocenters. The zero-order chi connectivity index (χ0) is 11.3. The van der Waals surface area contributed by atoms with Crippen molar-refractivity contribution in [2.24, 2.45) is 0 Å². The van der Waals surface area contributed by atoms with Gasteiger partial charge in [-0.05, 0) is 5.56 Å². The molecular formula is C10H12F3NO. The first-order valence-corrected chi connectivity index (χ1v) is 4.49. The molecule has 0 aliphatic carbocycles. The van der Waals surface area contributed by atoms with E-state index >= 15 is 0 Å². The van der Waals surface area contributed by atoms with Crippen LogP contribution >= 0.6 is 0 Å². The van der Waals surface area contributed by atoms with E-state index in [0.717, 1.165) is 0 Å². The van der Waals surface area contributed by atoms with Gasteiger partial charge >= 0.3 is 6.18 Å². The average Bonchev–Trinajstić information content (AvgIpc) is 2.17. The molecule has 0 unspecified atom stereocenters. The first kappa shape index (κ1) is 12.0. The van der Waals surface area contributed by atoms with Crippen LogP contribution in [0.15, 0.2) is 30.3 Å². The Labute approximate surface area is 85.7 Å². The highest BCUT2D eigenvalue weighted by molar-refractivity contribution is 5.17. The molecule has 0 heterocycles. The fraction of sp³-hybridized carbons (Fsp3) is 0.400. The lowest BCUT2D eigenvalue weighted by molar-refractivity contribution is -0.125. The molecule has 1 aromatic carbocycles. The summed E-state index contributed by atoms with van der Waals surface area (Å²) in [5.74, 6) is 0. The number of hydrogen-bond acceptors (Lipinski definition) is 2. The Morgan fingerprint density at radius 1 is 1.20 bits per heavy atom. The predicted octanol–water partition coefficient (Wildman–Crippen LogP) is 1.87. The summed E-state index contributed by atoms with van der Waals surface area (Å²) < 4.78 is 35.3. The molecule has 1 aromatic rings. The van der Waals surface area contributed by atoms with Crippen LogP contribution in [0.25, 0.3) is 0 Å². The van der Waals surface area contributed by atoms with Crippen LogP contribution in [-0.2, 0) is 0 Å². The van der Waals surface area contributed by atoms with Gasteiger partial charge in [-0.1, -0.05) is 30.3 Å². The van der Waals surface area contributed by atoms with Crippen LogP contribution in [0.3, 0.4) is 0 Å². The van der Waals surface area contributed by atoms with E-state index in [0.29, 0.717) is 5.56 Å². The number of aliphatic hydroxyl groups is 1. The van der Waals surface area contributed by atoms with Crippen LogP contribution < -0.4 is 5.32 Å². The third kappa shape index (κ3) is 4.80. The number of benzene rings is 1. The number of rotatable bonds is 4. The lowest BCUT2D eigenvalue weighted by atomic mass is 10.1. The van der Waals surface area contributed by atoms with Gasteiger partial charge in [-0.3, -0.25) is 0 Å². The fourth-order valence-electron chi connectivity index (χ4n) is 1.14. The largest absolute Gasteiger partial charge is 0.401 e. The quantitative estimate of drug-likeness (QED) is 0.810. The van der Waals surface area contributed by atoms with Gasteiger partial charge in [-0.15, -0.1) is 0 Å². The Morgan fingerprint density at radius 2 is 1.80 bits per heavy atom. The van der Waals surface area contributed by atoms with Gasteiger partial charge in [-0.2, -0.15) is 13.2 Å². The third-order valence-electron chi connectivity index (χ3n) is 1.85. The highest BCUT2D eigenvalue weighted by Gasteiger charge is 2.26. The molecule has 15 heavy (non-hydrogen) atoms. The smallest absolute Gasteiger partial charge is 0.387 e. The zero-order valence-electron chi connectivity index (χ0n) is 7.96. The second-order valence-electron chi connectivity index (χ2n) is 3.17. The van der Waals surface area contributed by atoms with E-state index in [1.54, 1.807) is 30.3 Å². The van der Waals surface area contributed by atoms with E-state index in [-0.39, 0.29) is 6.54 Å². The molecule has 0 saturated heterocycles. The lowest BCUT2D eigenvalue weighted by Gasteiger charge is -2.13. The van der Waals surface area contributed by atoms with Crippen molar-refractivity contribution in [1.82, 2.24) is 5.32 Å². The molecule has 0 bridgehead atoms. The molecular weight excluding hydrogens is 207 g/mol. The minimum Gasteiger partial charge on any atom is -0.387 e. The first-order valence-electron chi connectivity index (χ1n) is 4.49. The summed E-state index contributed by atoms with van der Waals surface area (Å²) in [5, 5.41) is 11.6. The van der Waals surface area contributed by atoms with E-state index in [1.807, 2.05) is 0 Å². The van der Waals surface area contributed by atoms with E-state index in [1.165, 1.54) is 0 Å². The lowest BCUT2D eigenvalue weighted by Crippen LogP contribution is -2.31. The van der Waals surface area contributed by atoms with Gasteiger partial charge in [0.25, 0.3) is 0 Å². The van der Waals surface area contributed by atoms with Crippen LogP contribution in [0, 0.1) is 0 Å². The first-order chi connectivity index (χ1) is 6.99. The summed E-state index contributed by atoms with van der Waals surface area (Å²) in [5.41, 5.74) is 0.604. The summed E-state index contributed by atoms with van der Waals surface area (Å²) in [6.07, 6.45) is -5.15. The molecule has 84 valence electrons. The second-order valence-corrected chi connectivity index (χ2v) is 3.17. The molecule has 2 nitrogen and oxygen atoms in total. The Morgan fingerprint density at radius 3 is 2.33 bits per heavy atom. The topological polar surface area (TPSA) is 32.3 Å².